The van der Waals surface area contributed by atoms with E-state index in [2.05, 4.69) is 40.4 Å². The van der Waals surface area contributed by atoms with Crippen LogP contribution in [0.25, 0.3) is 17.1 Å². The molecule has 0 amide bonds. The van der Waals surface area contributed by atoms with Gasteiger partial charge in [0.15, 0.2) is 5.16 Å². The van der Waals surface area contributed by atoms with E-state index in [1.807, 2.05) is 0 Å². The van der Waals surface area contributed by atoms with Gasteiger partial charge in [0.25, 0.3) is 17.1 Å². The Hall–Kier alpha value is -2.52. The van der Waals surface area contributed by atoms with E-state index in [9.17, 15) is 0 Å². The Bertz CT molecular complexity index is 679. The number of aromatic amines is 1. The molecule has 1 aliphatic rings. The Labute approximate surface area is 112 Å². The standard InChI is InChI=1S/C10H13N8O2/c1-2-4-6-17(5-3-1)9-10(16-20-15-9)18-11-7-8(12-18)14-19-13-7/h1-6H2,(H,11,12,13,14)/q+1. The summed E-state index contributed by atoms with van der Waals surface area (Å²) in [5.41, 5.74) is 0.838. The minimum Gasteiger partial charge on any atom is -0.346 e. The van der Waals surface area contributed by atoms with Crippen molar-refractivity contribution in [1.82, 2.24) is 30.8 Å². The third kappa shape index (κ3) is 1.80. The molecule has 104 valence electrons. The summed E-state index contributed by atoms with van der Waals surface area (Å²) < 4.78 is 9.44. The number of fused-ring (bicyclic) bond motifs is 1. The van der Waals surface area contributed by atoms with E-state index in [1.54, 1.807) is 0 Å². The van der Waals surface area contributed by atoms with Crippen LogP contribution in [0.4, 0.5) is 5.82 Å². The largest absolute Gasteiger partial charge is 0.463 e. The molecule has 4 heterocycles. The van der Waals surface area contributed by atoms with E-state index in [0.717, 1.165) is 25.9 Å². The molecule has 0 saturated carbocycles. The Morgan fingerprint density at radius 2 is 1.75 bits per heavy atom. The molecule has 0 unspecified atom stereocenters. The summed E-state index contributed by atoms with van der Waals surface area (Å²) in [6, 6.07) is 0. The van der Waals surface area contributed by atoms with Crippen LogP contribution in [0.5, 0.6) is 0 Å². The number of rotatable bonds is 2. The van der Waals surface area contributed by atoms with E-state index < -0.39 is 0 Å². The van der Waals surface area contributed by atoms with Crippen molar-refractivity contribution in [1.29, 1.82) is 0 Å². The Morgan fingerprint density at radius 3 is 2.55 bits per heavy atom. The lowest BCUT2D eigenvalue weighted by molar-refractivity contribution is -0.714. The van der Waals surface area contributed by atoms with Crippen LogP contribution < -0.4 is 9.70 Å². The van der Waals surface area contributed by atoms with Crippen molar-refractivity contribution in [3.8, 4) is 5.82 Å². The van der Waals surface area contributed by atoms with E-state index in [-0.39, 0.29) is 0 Å². The molecule has 10 nitrogen and oxygen atoms in total. The Kier molecular flexibility index (Phi) is 2.57. The van der Waals surface area contributed by atoms with Crippen LogP contribution in [0.3, 0.4) is 0 Å². The maximum absolute atomic E-state index is 4.88. The third-order valence-electron chi connectivity index (χ3n) is 3.44. The summed E-state index contributed by atoms with van der Waals surface area (Å²) in [5, 5.41) is 22.4. The average Bonchev–Trinajstić information content (AvgIpc) is 3.10. The number of aromatic nitrogens is 7. The smallest absolute Gasteiger partial charge is 0.346 e. The minimum atomic E-state index is 0.384. The van der Waals surface area contributed by atoms with Gasteiger partial charge in [0.05, 0.1) is 0 Å². The topological polar surface area (TPSA) is 114 Å². The van der Waals surface area contributed by atoms with Gasteiger partial charge in [0.1, 0.15) is 0 Å². The highest BCUT2D eigenvalue weighted by Crippen LogP contribution is 2.20. The third-order valence-corrected chi connectivity index (χ3v) is 3.44. The van der Waals surface area contributed by atoms with Crippen molar-refractivity contribution < 1.29 is 14.1 Å². The zero-order chi connectivity index (χ0) is 13.4. The Balaban J connectivity index is 1.71. The maximum Gasteiger partial charge on any atom is 0.463 e. The zero-order valence-corrected chi connectivity index (χ0v) is 10.7. The molecule has 1 N–H and O–H groups in total. The lowest BCUT2D eigenvalue weighted by atomic mass is 10.2. The van der Waals surface area contributed by atoms with Crippen LogP contribution in [0.1, 0.15) is 25.7 Å². The van der Waals surface area contributed by atoms with Gasteiger partial charge in [0.2, 0.25) is 0 Å². The van der Waals surface area contributed by atoms with Crippen molar-refractivity contribution >= 4 is 17.1 Å². The van der Waals surface area contributed by atoms with Gasteiger partial charge in [-0.3, -0.25) is 0 Å². The molecule has 3 aromatic heterocycles. The molecule has 0 radical (unpaired) electrons. The summed E-state index contributed by atoms with van der Waals surface area (Å²) >= 11 is 0. The highest BCUT2D eigenvalue weighted by atomic mass is 16.6. The molecule has 1 fully saturated rings. The summed E-state index contributed by atoms with van der Waals surface area (Å²) in [7, 11) is 0. The fourth-order valence-electron chi connectivity index (χ4n) is 2.43. The molecule has 0 bridgehead atoms. The zero-order valence-electron chi connectivity index (χ0n) is 10.7. The summed E-state index contributed by atoms with van der Waals surface area (Å²) in [6.45, 7) is 1.89. The monoisotopic (exact) mass is 277 g/mol. The van der Waals surface area contributed by atoms with E-state index >= 15 is 0 Å². The fraction of sp³-hybridized carbons (Fsp3) is 0.600. The number of anilines is 1. The van der Waals surface area contributed by atoms with E-state index in [4.69, 9.17) is 4.63 Å². The molecule has 3 aromatic rings. The molecular weight excluding hydrogens is 264 g/mol. The second kappa shape index (κ2) is 4.54. The molecule has 0 atom stereocenters. The summed E-state index contributed by atoms with van der Waals surface area (Å²) in [6.07, 6.45) is 4.77. The van der Waals surface area contributed by atoms with Crippen molar-refractivity contribution in [2.45, 2.75) is 25.7 Å². The highest BCUT2D eigenvalue weighted by molar-refractivity contribution is 5.60. The summed E-state index contributed by atoms with van der Waals surface area (Å²) in [4.78, 5) is 3.63. The van der Waals surface area contributed by atoms with Gasteiger partial charge in [-0.2, -0.15) is 5.10 Å². The predicted octanol–water partition coefficient (Wildman–Crippen LogP) is -0.0140. The van der Waals surface area contributed by atoms with Crippen molar-refractivity contribution in [2.24, 2.45) is 0 Å². The normalized spacial score (nSPS) is 16.7. The van der Waals surface area contributed by atoms with Crippen LogP contribution in [0.15, 0.2) is 9.26 Å². The minimum absolute atomic E-state index is 0.384. The van der Waals surface area contributed by atoms with Crippen LogP contribution >= 0.6 is 0 Å². The molecule has 1 aliphatic heterocycles. The number of hydrogen-bond donors (Lipinski definition) is 1. The van der Waals surface area contributed by atoms with Gasteiger partial charge in [-0.15, -0.1) is 4.63 Å². The lowest BCUT2D eigenvalue weighted by Gasteiger charge is -2.16. The van der Waals surface area contributed by atoms with Gasteiger partial charge in [0, 0.05) is 18.2 Å². The van der Waals surface area contributed by atoms with Crippen LogP contribution in [-0.4, -0.2) is 43.9 Å². The van der Waals surface area contributed by atoms with Gasteiger partial charge < -0.3 is 4.90 Å². The molecule has 0 spiro atoms. The second-order valence-corrected chi connectivity index (χ2v) is 4.77. The van der Waals surface area contributed by atoms with Crippen molar-refractivity contribution in [3.05, 3.63) is 0 Å². The number of H-pyrrole nitrogens is 1. The first-order chi connectivity index (χ1) is 9.92. The quantitative estimate of drug-likeness (QED) is 0.650. The number of hydrogen-bond acceptors (Lipinski definition) is 8. The predicted molar refractivity (Wildman–Crippen MR) is 64.0 cm³/mol. The average molecular weight is 277 g/mol. The first-order valence-corrected chi connectivity index (χ1v) is 6.60. The van der Waals surface area contributed by atoms with Crippen LogP contribution in [-0.2, 0) is 0 Å². The van der Waals surface area contributed by atoms with Gasteiger partial charge >= 0.3 is 5.82 Å². The number of nitrogens with one attached hydrogen (secondary N) is 1. The molecule has 10 heteroatoms. The summed E-state index contributed by atoms with van der Waals surface area (Å²) in [5.74, 6) is 1.19. The van der Waals surface area contributed by atoms with Crippen LogP contribution in [0, 0.1) is 0 Å². The van der Waals surface area contributed by atoms with Crippen molar-refractivity contribution in [3.63, 3.8) is 0 Å². The van der Waals surface area contributed by atoms with Crippen molar-refractivity contribution in [2.75, 3.05) is 18.0 Å². The second-order valence-electron chi connectivity index (χ2n) is 4.77. The van der Waals surface area contributed by atoms with Crippen LogP contribution in [0.2, 0.25) is 0 Å². The van der Waals surface area contributed by atoms with E-state index in [1.165, 1.54) is 17.6 Å². The number of nitrogens with zero attached hydrogens (tertiary/aromatic N) is 7. The molecule has 20 heavy (non-hydrogen) atoms. The molecule has 4 rings (SSSR count). The first kappa shape index (κ1) is 11.3. The Morgan fingerprint density at radius 1 is 0.950 bits per heavy atom. The van der Waals surface area contributed by atoms with E-state index in [0.29, 0.717) is 22.9 Å². The van der Waals surface area contributed by atoms with Gasteiger partial charge in [-0.05, 0) is 33.1 Å². The fourth-order valence-corrected chi connectivity index (χ4v) is 2.43. The first-order valence-electron chi connectivity index (χ1n) is 6.60. The highest BCUT2D eigenvalue weighted by Gasteiger charge is 2.30. The van der Waals surface area contributed by atoms with Gasteiger partial charge in [-0.25, -0.2) is 4.63 Å². The molecule has 1 saturated heterocycles. The maximum atomic E-state index is 4.88. The van der Waals surface area contributed by atoms with Gasteiger partial charge in [-0.1, -0.05) is 12.8 Å². The lowest BCUT2D eigenvalue weighted by Crippen LogP contribution is -2.39. The molecular formula is C10H13N8O2+. The SMILES string of the molecule is C1CCCN(c2nonc2-[n+]2nc3nonc3[nH]2)CC1. The molecule has 0 aromatic carbocycles. The molecule has 0 aliphatic carbocycles.